The number of piperidine rings is 1. The highest BCUT2D eigenvalue weighted by atomic mass is 16.5. The Morgan fingerprint density at radius 2 is 1.85 bits per heavy atom. The normalized spacial score (nSPS) is 21.1. The third kappa shape index (κ3) is 4.18. The van der Waals surface area contributed by atoms with Crippen molar-refractivity contribution in [1.29, 1.82) is 0 Å². The Balaban J connectivity index is 1.70. The number of urea groups is 1. The zero-order chi connectivity index (χ0) is 19.4. The van der Waals surface area contributed by atoms with Crippen LogP contribution in [0, 0.1) is 5.92 Å². The summed E-state index contributed by atoms with van der Waals surface area (Å²) in [6.07, 6.45) is 1.45. The number of para-hydroxylation sites is 1. The first kappa shape index (κ1) is 19.5. The molecule has 1 aromatic rings. The number of likely N-dealkylation sites (tertiary alicyclic amines) is 1. The van der Waals surface area contributed by atoms with Crippen molar-refractivity contribution >= 4 is 11.9 Å². The average Bonchev–Trinajstić information content (AvgIpc) is 2.72. The summed E-state index contributed by atoms with van der Waals surface area (Å²) >= 11 is 0. The second-order valence-electron chi connectivity index (χ2n) is 7.43. The van der Waals surface area contributed by atoms with E-state index in [1.807, 2.05) is 34.1 Å². The molecule has 2 aliphatic heterocycles. The van der Waals surface area contributed by atoms with Crippen LogP contribution in [0.25, 0.3) is 0 Å². The van der Waals surface area contributed by atoms with Gasteiger partial charge in [0, 0.05) is 58.3 Å². The maximum absolute atomic E-state index is 13.3. The molecule has 1 aromatic carbocycles. The number of methoxy groups -OCH3 is 1. The van der Waals surface area contributed by atoms with Crippen LogP contribution in [0.3, 0.4) is 0 Å². The molecule has 0 spiro atoms. The van der Waals surface area contributed by atoms with Gasteiger partial charge < -0.3 is 24.8 Å². The van der Waals surface area contributed by atoms with E-state index in [9.17, 15) is 9.59 Å². The smallest absolute Gasteiger partial charge is 0.319 e. The molecule has 2 aliphatic rings. The zero-order valence-electron chi connectivity index (χ0n) is 16.5. The first-order chi connectivity index (χ1) is 13.0. The standard InChI is InChI=1S/C20H30N4O3/c1-22(2)20(26)23-11-8-15(9-12-23)19(25)24-13-10-21-14-17(24)16-6-4-5-7-18(16)27-3/h4-7,15,17,21H,8-14H2,1-3H3. The van der Waals surface area contributed by atoms with E-state index in [1.165, 1.54) is 0 Å². The third-order valence-electron chi connectivity index (χ3n) is 5.52. The van der Waals surface area contributed by atoms with Gasteiger partial charge in [-0.2, -0.15) is 0 Å². The highest BCUT2D eigenvalue weighted by Crippen LogP contribution is 2.32. The number of hydrogen-bond acceptors (Lipinski definition) is 4. The van der Waals surface area contributed by atoms with Crippen molar-refractivity contribution in [3.63, 3.8) is 0 Å². The Bertz CT molecular complexity index is 671. The molecule has 0 aromatic heterocycles. The first-order valence-corrected chi connectivity index (χ1v) is 9.63. The molecule has 1 atom stereocenters. The second kappa shape index (κ2) is 8.61. The number of carbonyl (C=O) groups is 2. The van der Waals surface area contributed by atoms with E-state index in [1.54, 1.807) is 26.1 Å². The van der Waals surface area contributed by atoms with Crippen molar-refractivity contribution in [2.45, 2.75) is 18.9 Å². The molecule has 7 nitrogen and oxygen atoms in total. The van der Waals surface area contributed by atoms with Crippen LogP contribution in [0.2, 0.25) is 0 Å². The summed E-state index contributed by atoms with van der Waals surface area (Å²) in [5, 5.41) is 3.40. The number of ether oxygens (including phenoxy) is 1. The van der Waals surface area contributed by atoms with Gasteiger partial charge in [-0.3, -0.25) is 4.79 Å². The molecular weight excluding hydrogens is 344 g/mol. The van der Waals surface area contributed by atoms with Gasteiger partial charge in [0.05, 0.1) is 13.2 Å². The molecule has 3 amide bonds. The van der Waals surface area contributed by atoms with Crippen molar-refractivity contribution < 1.29 is 14.3 Å². The van der Waals surface area contributed by atoms with Crippen LogP contribution in [-0.2, 0) is 4.79 Å². The molecule has 2 heterocycles. The Morgan fingerprint density at radius 3 is 2.52 bits per heavy atom. The highest BCUT2D eigenvalue weighted by molar-refractivity contribution is 5.80. The second-order valence-corrected chi connectivity index (χ2v) is 7.43. The van der Waals surface area contributed by atoms with E-state index < -0.39 is 0 Å². The number of carbonyl (C=O) groups excluding carboxylic acids is 2. The largest absolute Gasteiger partial charge is 0.496 e. The number of nitrogens with one attached hydrogen (secondary N) is 1. The minimum Gasteiger partial charge on any atom is -0.496 e. The Labute approximate surface area is 161 Å². The minimum absolute atomic E-state index is 0.0217. The van der Waals surface area contributed by atoms with Crippen molar-refractivity contribution in [2.75, 3.05) is 53.9 Å². The lowest BCUT2D eigenvalue weighted by Gasteiger charge is -2.41. The van der Waals surface area contributed by atoms with Crippen molar-refractivity contribution in [3.05, 3.63) is 29.8 Å². The molecule has 0 aliphatic carbocycles. The Hall–Kier alpha value is -2.28. The van der Waals surface area contributed by atoms with Gasteiger partial charge in [0.2, 0.25) is 5.91 Å². The monoisotopic (exact) mass is 374 g/mol. The fraction of sp³-hybridized carbons (Fsp3) is 0.600. The SMILES string of the molecule is COc1ccccc1C1CNCCN1C(=O)C1CCN(C(=O)N(C)C)CC1. The van der Waals surface area contributed by atoms with Crippen LogP contribution in [-0.4, -0.2) is 80.6 Å². The van der Waals surface area contributed by atoms with Gasteiger partial charge in [0.15, 0.2) is 0 Å². The summed E-state index contributed by atoms with van der Waals surface area (Å²) in [7, 11) is 5.19. The molecule has 7 heteroatoms. The van der Waals surface area contributed by atoms with Crippen LogP contribution in [0.4, 0.5) is 4.79 Å². The average molecular weight is 374 g/mol. The van der Waals surface area contributed by atoms with E-state index in [2.05, 4.69) is 5.32 Å². The van der Waals surface area contributed by atoms with Gasteiger partial charge in [-0.25, -0.2) is 4.79 Å². The number of benzene rings is 1. The van der Waals surface area contributed by atoms with Gasteiger partial charge in [0.25, 0.3) is 0 Å². The predicted octanol–water partition coefficient (Wildman–Crippen LogP) is 1.56. The van der Waals surface area contributed by atoms with E-state index in [-0.39, 0.29) is 23.9 Å². The zero-order valence-corrected chi connectivity index (χ0v) is 16.5. The summed E-state index contributed by atoms with van der Waals surface area (Å²) in [5.74, 6) is 0.992. The number of nitrogens with zero attached hydrogens (tertiary/aromatic N) is 3. The molecule has 3 rings (SSSR count). The minimum atomic E-state index is -0.0242. The van der Waals surface area contributed by atoms with Crippen LogP contribution in [0.1, 0.15) is 24.4 Å². The predicted molar refractivity (Wildman–Crippen MR) is 104 cm³/mol. The fourth-order valence-corrected chi connectivity index (χ4v) is 4.02. The lowest BCUT2D eigenvalue weighted by molar-refractivity contribution is -0.140. The van der Waals surface area contributed by atoms with Gasteiger partial charge in [0.1, 0.15) is 5.75 Å². The lowest BCUT2D eigenvalue weighted by atomic mass is 9.93. The number of hydrogen-bond donors (Lipinski definition) is 1. The van der Waals surface area contributed by atoms with Crippen LogP contribution < -0.4 is 10.1 Å². The Kier molecular flexibility index (Phi) is 6.21. The molecule has 2 fully saturated rings. The summed E-state index contributed by atoms with van der Waals surface area (Å²) in [6.45, 7) is 3.50. The van der Waals surface area contributed by atoms with E-state index in [0.717, 1.165) is 37.2 Å². The molecule has 2 saturated heterocycles. The van der Waals surface area contributed by atoms with Gasteiger partial charge in [-0.05, 0) is 18.9 Å². The van der Waals surface area contributed by atoms with Crippen LogP contribution in [0.5, 0.6) is 5.75 Å². The number of rotatable bonds is 3. The molecule has 0 radical (unpaired) electrons. The summed E-state index contributed by atoms with van der Waals surface area (Å²) in [4.78, 5) is 30.8. The maximum atomic E-state index is 13.3. The van der Waals surface area contributed by atoms with Crippen LogP contribution in [0.15, 0.2) is 24.3 Å². The number of amides is 3. The van der Waals surface area contributed by atoms with Crippen molar-refractivity contribution in [2.24, 2.45) is 5.92 Å². The molecule has 27 heavy (non-hydrogen) atoms. The Morgan fingerprint density at radius 1 is 1.15 bits per heavy atom. The molecule has 148 valence electrons. The molecule has 1 unspecified atom stereocenters. The summed E-state index contributed by atoms with van der Waals surface area (Å²) < 4.78 is 5.52. The number of piperazine rings is 1. The summed E-state index contributed by atoms with van der Waals surface area (Å²) in [5.41, 5.74) is 1.04. The molecular formula is C20H30N4O3. The van der Waals surface area contributed by atoms with Crippen molar-refractivity contribution in [1.82, 2.24) is 20.0 Å². The maximum Gasteiger partial charge on any atom is 0.319 e. The quantitative estimate of drug-likeness (QED) is 0.872. The molecule has 0 bridgehead atoms. The van der Waals surface area contributed by atoms with E-state index >= 15 is 0 Å². The highest BCUT2D eigenvalue weighted by Gasteiger charge is 2.35. The van der Waals surface area contributed by atoms with Gasteiger partial charge in [-0.15, -0.1) is 0 Å². The van der Waals surface area contributed by atoms with Gasteiger partial charge >= 0.3 is 6.03 Å². The molecule has 0 saturated carbocycles. The van der Waals surface area contributed by atoms with Crippen molar-refractivity contribution in [3.8, 4) is 5.75 Å². The van der Waals surface area contributed by atoms with Crippen LogP contribution >= 0.6 is 0 Å². The lowest BCUT2D eigenvalue weighted by Crippen LogP contribution is -2.52. The fourth-order valence-electron chi connectivity index (χ4n) is 4.02. The summed E-state index contributed by atoms with van der Waals surface area (Å²) in [6, 6.07) is 7.91. The van der Waals surface area contributed by atoms with E-state index in [0.29, 0.717) is 19.6 Å². The first-order valence-electron chi connectivity index (χ1n) is 9.63. The third-order valence-corrected chi connectivity index (χ3v) is 5.52. The topological polar surface area (TPSA) is 65.1 Å². The van der Waals surface area contributed by atoms with Gasteiger partial charge in [-0.1, -0.05) is 18.2 Å². The molecule has 1 N–H and O–H groups in total. The van der Waals surface area contributed by atoms with E-state index in [4.69, 9.17) is 4.74 Å².